The normalized spacial score (nSPS) is 13.6. The first-order valence-electron chi connectivity index (χ1n) is 3.87. The molecule has 0 unspecified atom stereocenters. The lowest BCUT2D eigenvalue weighted by molar-refractivity contribution is -0.137. The molecular formula is C8H10F3IO2. The van der Waals surface area contributed by atoms with Crippen molar-refractivity contribution in [1.29, 1.82) is 0 Å². The van der Waals surface area contributed by atoms with Crippen LogP contribution in [0.1, 0.15) is 20.3 Å². The lowest BCUT2D eigenvalue weighted by Gasteiger charge is -2.08. The number of rotatable bonds is 3. The standard InChI is InChI=1S/C8H10F3IO2/c1-3-14-7(13)6(12)5(2)4-8(9,10)11/h3-4H2,1-2H3/b6-5+. The number of hydrogen-bond acceptors (Lipinski definition) is 2. The van der Waals surface area contributed by atoms with Crippen LogP contribution in [0.25, 0.3) is 0 Å². The Morgan fingerprint density at radius 3 is 2.29 bits per heavy atom. The summed E-state index contributed by atoms with van der Waals surface area (Å²) in [6.45, 7) is 3.03. The first kappa shape index (κ1) is 13.7. The zero-order valence-electron chi connectivity index (χ0n) is 7.74. The van der Waals surface area contributed by atoms with Crippen molar-refractivity contribution >= 4 is 28.6 Å². The quantitative estimate of drug-likeness (QED) is 0.453. The van der Waals surface area contributed by atoms with Crippen molar-refractivity contribution in [2.75, 3.05) is 6.61 Å². The minimum atomic E-state index is -4.28. The Labute approximate surface area is 93.6 Å². The highest BCUT2D eigenvalue weighted by molar-refractivity contribution is 14.1. The van der Waals surface area contributed by atoms with E-state index >= 15 is 0 Å². The molecule has 2 nitrogen and oxygen atoms in total. The molecule has 0 aliphatic rings. The average Bonchev–Trinajstić information content (AvgIpc) is 2.00. The Morgan fingerprint density at radius 1 is 1.43 bits per heavy atom. The molecule has 0 atom stereocenters. The Hall–Kier alpha value is -0.270. The van der Waals surface area contributed by atoms with Gasteiger partial charge < -0.3 is 4.74 Å². The topological polar surface area (TPSA) is 26.3 Å². The maximum Gasteiger partial charge on any atom is 0.392 e. The van der Waals surface area contributed by atoms with Gasteiger partial charge in [0.05, 0.1) is 16.6 Å². The Kier molecular flexibility index (Phi) is 5.46. The summed E-state index contributed by atoms with van der Waals surface area (Å²) in [6, 6.07) is 0. The molecule has 0 spiro atoms. The minimum absolute atomic E-state index is 0.00164. The molecule has 0 fully saturated rings. The van der Waals surface area contributed by atoms with Crippen LogP contribution in [0, 0.1) is 0 Å². The van der Waals surface area contributed by atoms with E-state index in [1.54, 1.807) is 29.5 Å². The first-order valence-corrected chi connectivity index (χ1v) is 4.95. The summed E-state index contributed by atoms with van der Waals surface area (Å²) >= 11 is 1.56. The maximum absolute atomic E-state index is 11.9. The number of ether oxygens (including phenoxy) is 1. The lowest BCUT2D eigenvalue weighted by Crippen LogP contribution is -2.11. The monoisotopic (exact) mass is 322 g/mol. The number of carbonyl (C=O) groups is 1. The van der Waals surface area contributed by atoms with E-state index in [1.807, 2.05) is 0 Å². The zero-order valence-corrected chi connectivity index (χ0v) is 9.90. The second-order valence-corrected chi connectivity index (χ2v) is 3.69. The molecule has 0 rings (SSSR count). The van der Waals surface area contributed by atoms with Gasteiger partial charge in [-0.3, -0.25) is 0 Å². The molecule has 0 aromatic carbocycles. The van der Waals surface area contributed by atoms with Gasteiger partial charge >= 0.3 is 12.1 Å². The lowest BCUT2D eigenvalue weighted by atomic mass is 10.2. The van der Waals surface area contributed by atoms with Crippen LogP contribution < -0.4 is 0 Å². The van der Waals surface area contributed by atoms with Crippen LogP contribution in [0.4, 0.5) is 13.2 Å². The van der Waals surface area contributed by atoms with Gasteiger partial charge in [0.15, 0.2) is 0 Å². The molecule has 82 valence electrons. The second-order valence-electron chi connectivity index (χ2n) is 2.61. The van der Waals surface area contributed by atoms with Gasteiger partial charge in [0, 0.05) is 0 Å². The van der Waals surface area contributed by atoms with E-state index < -0.39 is 18.6 Å². The van der Waals surface area contributed by atoms with Crippen molar-refractivity contribution in [1.82, 2.24) is 0 Å². The molecule has 0 N–H and O–H groups in total. The van der Waals surface area contributed by atoms with Crippen molar-refractivity contribution in [3.8, 4) is 0 Å². The first-order chi connectivity index (χ1) is 6.28. The van der Waals surface area contributed by atoms with Crippen LogP contribution in [0.15, 0.2) is 9.15 Å². The fourth-order valence-corrected chi connectivity index (χ4v) is 1.09. The van der Waals surface area contributed by atoms with Crippen LogP contribution in [0.2, 0.25) is 0 Å². The summed E-state index contributed by atoms with van der Waals surface area (Å²) in [6.07, 6.45) is -5.36. The molecule has 0 aromatic rings. The number of hydrogen-bond donors (Lipinski definition) is 0. The number of allylic oxidation sites excluding steroid dienone is 1. The van der Waals surface area contributed by atoms with Gasteiger partial charge in [-0.2, -0.15) is 13.2 Å². The minimum Gasteiger partial charge on any atom is -0.462 e. The Morgan fingerprint density at radius 2 is 1.93 bits per heavy atom. The van der Waals surface area contributed by atoms with Gasteiger partial charge in [-0.05, 0) is 42.0 Å². The second kappa shape index (κ2) is 5.57. The van der Waals surface area contributed by atoms with Gasteiger partial charge in [-0.15, -0.1) is 0 Å². The van der Waals surface area contributed by atoms with E-state index in [9.17, 15) is 18.0 Å². The summed E-state index contributed by atoms with van der Waals surface area (Å²) in [5.74, 6) is -0.699. The van der Waals surface area contributed by atoms with E-state index in [1.165, 1.54) is 6.92 Å². The summed E-state index contributed by atoms with van der Waals surface area (Å²) in [5.41, 5.74) is -0.0171. The molecule has 14 heavy (non-hydrogen) atoms. The largest absolute Gasteiger partial charge is 0.462 e. The van der Waals surface area contributed by atoms with Gasteiger partial charge in [0.2, 0.25) is 0 Å². The molecule has 6 heteroatoms. The van der Waals surface area contributed by atoms with Gasteiger partial charge in [-0.1, -0.05) is 0 Å². The van der Waals surface area contributed by atoms with E-state index in [2.05, 4.69) is 4.74 Å². The third kappa shape index (κ3) is 5.46. The molecule has 0 saturated carbocycles. The summed E-state index contributed by atoms with van der Waals surface area (Å²) < 4.78 is 40.3. The summed E-state index contributed by atoms with van der Waals surface area (Å²) in [5, 5.41) is 0. The SMILES string of the molecule is CCOC(=O)/C(I)=C(/C)CC(F)(F)F. The highest BCUT2D eigenvalue weighted by atomic mass is 127. The smallest absolute Gasteiger partial charge is 0.392 e. The highest BCUT2D eigenvalue weighted by Crippen LogP contribution is 2.28. The van der Waals surface area contributed by atoms with E-state index in [0.29, 0.717) is 0 Å². The van der Waals surface area contributed by atoms with Crippen molar-refractivity contribution in [3.05, 3.63) is 9.15 Å². The molecule has 0 radical (unpaired) electrons. The molecular weight excluding hydrogens is 312 g/mol. The third-order valence-electron chi connectivity index (χ3n) is 1.29. The molecule has 0 saturated heterocycles. The van der Waals surface area contributed by atoms with E-state index in [0.717, 1.165) is 0 Å². The summed E-state index contributed by atoms with van der Waals surface area (Å²) in [7, 11) is 0. The van der Waals surface area contributed by atoms with Crippen LogP contribution in [-0.4, -0.2) is 18.8 Å². The summed E-state index contributed by atoms with van der Waals surface area (Å²) in [4.78, 5) is 11.0. The van der Waals surface area contributed by atoms with Crippen LogP contribution in [0.3, 0.4) is 0 Å². The van der Waals surface area contributed by atoms with Crippen molar-refractivity contribution in [2.24, 2.45) is 0 Å². The average molecular weight is 322 g/mol. The Bertz CT molecular complexity index is 245. The maximum atomic E-state index is 11.9. The number of esters is 1. The van der Waals surface area contributed by atoms with E-state index in [4.69, 9.17) is 0 Å². The van der Waals surface area contributed by atoms with Crippen LogP contribution >= 0.6 is 22.6 Å². The third-order valence-corrected chi connectivity index (χ3v) is 2.66. The van der Waals surface area contributed by atoms with Crippen molar-refractivity contribution < 1.29 is 22.7 Å². The number of alkyl halides is 3. The number of carbonyl (C=O) groups excluding carboxylic acids is 1. The predicted molar refractivity (Wildman–Crippen MR) is 54.0 cm³/mol. The molecule has 0 aliphatic heterocycles. The molecule has 0 aliphatic carbocycles. The molecule has 0 aromatic heterocycles. The Balaban J connectivity index is 4.51. The van der Waals surface area contributed by atoms with Crippen LogP contribution in [0.5, 0.6) is 0 Å². The molecule has 0 bridgehead atoms. The van der Waals surface area contributed by atoms with Gasteiger partial charge in [-0.25, -0.2) is 4.79 Å². The van der Waals surface area contributed by atoms with Crippen molar-refractivity contribution in [2.45, 2.75) is 26.4 Å². The van der Waals surface area contributed by atoms with Crippen molar-refractivity contribution in [3.63, 3.8) is 0 Å². The highest BCUT2D eigenvalue weighted by Gasteiger charge is 2.29. The zero-order chi connectivity index (χ0) is 11.4. The van der Waals surface area contributed by atoms with Gasteiger partial charge in [0.1, 0.15) is 0 Å². The molecule has 0 amide bonds. The van der Waals surface area contributed by atoms with Gasteiger partial charge in [0.25, 0.3) is 0 Å². The fourth-order valence-electron chi connectivity index (χ4n) is 0.747. The van der Waals surface area contributed by atoms with E-state index in [-0.39, 0.29) is 15.8 Å². The van der Waals surface area contributed by atoms with Crippen LogP contribution in [-0.2, 0) is 9.53 Å². The fraction of sp³-hybridized carbons (Fsp3) is 0.625. The molecule has 0 heterocycles. The predicted octanol–water partition coefficient (Wildman–Crippen LogP) is 3.21. The number of halogens is 4.